The molecule has 1 aromatic rings. The average molecular weight is 257 g/mol. The Kier molecular flexibility index (Phi) is 3.65. The molecule has 0 unspecified atom stereocenters. The smallest absolute Gasteiger partial charge is 0.168 e. The summed E-state index contributed by atoms with van der Waals surface area (Å²) in [5.41, 5.74) is 4.75. The summed E-state index contributed by atoms with van der Waals surface area (Å²) in [5.74, 6) is -2.10. The first-order valence-electron chi connectivity index (χ1n) is 6.07. The molecule has 1 saturated carbocycles. The van der Waals surface area contributed by atoms with Crippen LogP contribution in [0.3, 0.4) is 0 Å². The zero-order valence-electron chi connectivity index (χ0n) is 10.0. The molecule has 18 heavy (non-hydrogen) atoms. The van der Waals surface area contributed by atoms with Crippen molar-refractivity contribution in [2.75, 3.05) is 17.7 Å². The SMILES string of the molecule is Nc1nc(NC2(CO)CCCCC2)c(F)cc1F. The third kappa shape index (κ3) is 2.53. The molecule has 1 fully saturated rings. The lowest BCUT2D eigenvalue weighted by atomic mass is 9.82. The maximum atomic E-state index is 13.6. The van der Waals surface area contributed by atoms with E-state index in [9.17, 15) is 13.9 Å². The number of aliphatic hydroxyl groups is 1. The summed E-state index contributed by atoms with van der Waals surface area (Å²) in [7, 11) is 0. The van der Waals surface area contributed by atoms with E-state index < -0.39 is 17.2 Å². The van der Waals surface area contributed by atoms with Gasteiger partial charge >= 0.3 is 0 Å². The predicted molar refractivity (Wildman–Crippen MR) is 65.1 cm³/mol. The van der Waals surface area contributed by atoms with Crippen molar-refractivity contribution in [1.82, 2.24) is 4.98 Å². The summed E-state index contributed by atoms with van der Waals surface area (Å²) in [6.45, 7) is -0.106. The van der Waals surface area contributed by atoms with Crippen LogP contribution in [0.4, 0.5) is 20.4 Å². The molecule has 1 heterocycles. The van der Waals surface area contributed by atoms with Gasteiger partial charge in [-0.05, 0) is 12.8 Å². The molecule has 0 radical (unpaired) electrons. The Morgan fingerprint density at radius 1 is 1.28 bits per heavy atom. The number of nitrogens with two attached hydrogens (primary N) is 1. The maximum absolute atomic E-state index is 13.6. The number of halogens is 2. The molecule has 0 bridgehead atoms. The van der Waals surface area contributed by atoms with Gasteiger partial charge in [-0.2, -0.15) is 0 Å². The third-order valence-corrected chi connectivity index (χ3v) is 3.45. The molecule has 1 aliphatic rings. The molecule has 4 N–H and O–H groups in total. The van der Waals surface area contributed by atoms with Crippen LogP contribution < -0.4 is 11.1 Å². The standard InChI is InChI=1S/C12H17F2N3O/c13-8-6-9(14)11(16-10(8)15)17-12(7-18)4-2-1-3-5-12/h6,18H,1-5,7H2,(H3,15,16,17). The van der Waals surface area contributed by atoms with Crippen LogP contribution in [0.25, 0.3) is 0 Å². The van der Waals surface area contributed by atoms with Gasteiger partial charge in [0.05, 0.1) is 12.1 Å². The van der Waals surface area contributed by atoms with Crippen LogP contribution in [0.5, 0.6) is 0 Å². The number of aromatic nitrogens is 1. The molecule has 0 saturated heterocycles. The molecule has 4 nitrogen and oxygen atoms in total. The van der Waals surface area contributed by atoms with Crippen LogP contribution in [0.2, 0.25) is 0 Å². The number of nitrogens with one attached hydrogen (secondary N) is 1. The molecule has 6 heteroatoms. The van der Waals surface area contributed by atoms with E-state index in [1.165, 1.54) is 0 Å². The minimum absolute atomic E-state index is 0.0927. The van der Waals surface area contributed by atoms with Gasteiger partial charge in [0.25, 0.3) is 0 Å². The number of nitrogen functional groups attached to an aromatic ring is 1. The third-order valence-electron chi connectivity index (χ3n) is 3.45. The number of hydrogen-bond acceptors (Lipinski definition) is 4. The highest BCUT2D eigenvalue weighted by atomic mass is 19.1. The molecule has 0 atom stereocenters. The van der Waals surface area contributed by atoms with Crippen molar-refractivity contribution in [3.8, 4) is 0 Å². The number of nitrogens with zero attached hydrogens (tertiary/aromatic N) is 1. The van der Waals surface area contributed by atoms with Crippen LogP contribution >= 0.6 is 0 Å². The lowest BCUT2D eigenvalue weighted by Crippen LogP contribution is -2.44. The minimum atomic E-state index is -0.875. The maximum Gasteiger partial charge on any atom is 0.168 e. The van der Waals surface area contributed by atoms with Crippen molar-refractivity contribution in [2.45, 2.75) is 37.6 Å². The van der Waals surface area contributed by atoms with Crippen LogP contribution in [0.1, 0.15) is 32.1 Å². The normalized spacial score (nSPS) is 18.6. The zero-order chi connectivity index (χ0) is 13.2. The van der Waals surface area contributed by atoms with Crippen molar-refractivity contribution in [1.29, 1.82) is 0 Å². The van der Waals surface area contributed by atoms with E-state index in [2.05, 4.69) is 10.3 Å². The highest BCUT2D eigenvalue weighted by Crippen LogP contribution is 2.32. The summed E-state index contributed by atoms with van der Waals surface area (Å²) in [6, 6.07) is 0.707. The number of anilines is 2. The molecule has 1 aromatic heterocycles. The summed E-state index contributed by atoms with van der Waals surface area (Å²) in [5, 5.41) is 12.4. The predicted octanol–water partition coefficient (Wildman–Crippen LogP) is 2.05. The Morgan fingerprint density at radius 2 is 1.94 bits per heavy atom. The molecular weight excluding hydrogens is 240 g/mol. The van der Waals surface area contributed by atoms with Gasteiger partial charge in [0, 0.05) is 6.07 Å². The Bertz CT molecular complexity index is 434. The summed E-state index contributed by atoms with van der Waals surface area (Å²) in [6.07, 6.45) is 4.51. The summed E-state index contributed by atoms with van der Waals surface area (Å²) in [4.78, 5) is 3.66. The first-order valence-corrected chi connectivity index (χ1v) is 6.07. The minimum Gasteiger partial charge on any atom is -0.394 e. The Morgan fingerprint density at radius 3 is 2.56 bits per heavy atom. The van der Waals surface area contributed by atoms with Gasteiger partial charge < -0.3 is 16.2 Å². The fraction of sp³-hybridized carbons (Fsp3) is 0.583. The van der Waals surface area contributed by atoms with Crippen LogP contribution in [-0.4, -0.2) is 22.2 Å². The van der Waals surface area contributed by atoms with Crippen molar-refractivity contribution in [3.63, 3.8) is 0 Å². The number of hydrogen-bond donors (Lipinski definition) is 3. The average Bonchev–Trinajstić information content (AvgIpc) is 2.37. The highest BCUT2D eigenvalue weighted by Gasteiger charge is 2.32. The van der Waals surface area contributed by atoms with Gasteiger partial charge in [-0.3, -0.25) is 0 Å². The van der Waals surface area contributed by atoms with E-state index in [1.807, 2.05) is 0 Å². The molecule has 2 rings (SSSR count). The van der Waals surface area contributed by atoms with Crippen LogP contribution in [0, 0.1) is 11.6 Å². The summed E-state index contributed by atoms with van der Waals surface area (Å²) < 4.78 is 26.6. The first-order chi connectivity index (χ1) is 8.56. The first kappa shape index (κ1) is 13.0. The molecule has 0 amide bonds. The Balaban J connectivity index is 2.24. The van der Waals surface area contributed by atoms with E-state index in [4.69, 9.17) is 5.73 Å². The van der Waals surface area contributed by atoms with E-state index in [0.717, 1.165) is 32.1 Å². The second-order valence-corrected chi connectivity index (χ2v) is 4.81. The van der Waals surface area contributed by atoms with E-state index in [1.54, 1.807) is 0 Å². The number of aliphatic hydroxyl groups excluding tert-OH is 1. The van der Waals surface area contributed by atoms with Gasteiger partial charge in [-0.25, -0.2) is 13.8 Å². The Hall–Kier alpha value is -1.43. The molecule has 100 valence electrons. The lowest BCUT2D eigenvalue weighted by Gasteiger charge is -2.37. The fourth-order valence-corrected chi connectivity index (χ4v) is 2.37. The second-order valence-electron chi connectivity index (χ2n) is 4.81. The van der Waals surface area contributed by atoms with Crippen molar-refractivity contribution >= 4 is 11.6 Å². The number of pyridine rings is 1. The zero-order valence-corrected chi connectivity index (χ0v) is 10.0. The van der Waals surface area contributed by atoms with E-state index >= 15 is 0 Å². The summed E-state index contributed by atoms with van der Waals surface area (Å²) >= 11 is 0. The van der Waals surface area contributed by atoms with Gasteiger partial charge in [-0.1, -0.05) is 19.3 Å². The Labute approximate surface area is 104 Å². The molecular formula is C12H17F2N3O. The lowest BCUT2D eigenvalue weighted by molar-refractivity contribution is 0.172. The molecule has 0 aromatic carbocycles. The van der Waals surface area contributed by atoms with Crippen molar-refractivity contribution in [3.05, 3.63) is 17.7 Å². The van der Waals surface area contributed by atoms with Crippen LogP contribution in [-0.2, 0) is 0 Å². The molecule has 1 aliphatic carbocycles. The van der Waals surface area contributed by atoms with Gasteiger partial charge in [0.15, 0.2) is 23.3 Å². The van der Waals surface area contributed by atoms with Gasteiger partial charge in [0.2, 0.25) is 0 Å². The van der Waals surface area contributed by atoms with E-state index in [-0.39, 0.29) is 18.2 Å². The number of rotatable bonds is 3. The van der Waals surface area contributed by atoms with Gasteiger partial charge in [-0.15, -0.1) is 0 Å². The molecule has 0 spiro atoms. The quantitative estimate of drug-likeness (QED) is 0.775. The second kappa shape index (κ2) is 5.06. The topological polar surface area (TPSA) is 71.2 Å². The highest BCUT2D eigenvalue weighted by molar-refractivity contribution is 5.46. The van der Waals surface area contributed by atoms with Gasteiger partial charge in [0.1, 0.15) is 0 Å². The van der Waals surface area contributed by atoms with E-state index in [0.29, 0.717) is 6.07 Å². The van der Waals surface area contributed by atoms with Crippen molar-refractivity contribution < 1.29 is 13.9 Å². The fourth-order valence-electron chi connectivity index (χ4n) is 2.37. The van der Waals surface area contributed by atoms with Crippen molar-refractivity contribution in [2.24, 2.45) is 0 Å². The monoisotopic (exact) mass is 257 g/mol. The van der Waals surface area contributed by atoms with Crippen LogP contribution in [0.15, 0.2) is 6.07 Å². The largest absolute Gasteiger partial charge is 0.394 e. The molecule has 0 aliphatic heterocycles.